The van der Waals surface area contributed by atoms with Crippen LogP contribution in [0.25, 0.3) is 10.9 Å². The number of hydrogen-bond donors (Lipinski definition) is 0. The number of halogens is 2. The third-order valence-corrected chi connectivity index (χ3v) is 7.13. The molecule has 0 spiro atoms. The monoisotopic (exact) mass is 540 g/mol. The molecule has 3 unspecified atom stereocenters. The predicted molar refractivity (Wildman–Crippen MR) is 129 cm³/mol. The van der Waals surface area contributed by atoms with Crippen LogP contribution in [-0.2, 0) is 9.53 Å². The molecule has 4 rings (SSSR count). The lowest BCUT2D eigenvalue weighted by Gasteiger charge is -2.45. The van der Waals surface area contributed by atoms with E-state index in [1.807, 2.05) is 39.5 Å². The normalized spacial score (nSPS) is 22.8. The average Bonchev–Trinajstić information content (AvgIpc) is 2.73. The van der Waals surface area contributed by atoms with Gasteiger partial charge in [0.2, 0.25) is 0 Å². The van der Waals surface area contributed by atoms with E-state index < -0.39 is 17.3 Å². The molecule has 2 aliphatic rings. The summed E-state index contributed by atoms with van der Waals surface area (Å²) in [5.41, 5.74) is -0.662. The topological polar surface area (TPSA) is 94.0 Å². The number of anilines is 1. The highest BCUT2D eigenvalue weighted by atomic mass is 79.9. The molecule has 1 fully saturated rings. The fourth-order valence-electron chi connectivity index (χ4n) is 4.30. The molecule has 1 amide bonds. The van der Waals surface area contributed by atoms with Gasteiger partial charge in [-0.2, -0.15) is 4.98 Å². The van der Waals surface area contributed by atoms with Crippen molar-refractivity contribution in [1.82, 2.24) is 14.5 Å². The highest BCUT2D eigenvalue weighted by Gasteiger charge is 2.37. The van der Waals surface area contributed by atoms with Crippen molar-refractivity contribution in [2.45, 2.75) is 58.3 Å². The van der Waals surface area contributed by atoms with Crippen molar-refractivity contribution >= 4 is 56.6 Å². The summed E-state index contributed by atoms with van der Waals surface area (Å²) in [6.45, 7) is 10.2. The van der Waals surface area contributed by atoms with Crippen LogP contribution >= 0.6 is 27.5 Å². The molecule has 2 aromatic rings. The third kappa shape index (κ3) is 4.19. The lowest BCUT2D eigenvalue weighted by Crippen LogP contribution is -2.59. The summed E-state index contributed by atoms with van der Waals surface area (Å²) in [7, 11) is 0. The van der Waals surface area contributed by atoms with E-state index in [9.17, 15) is 14.4 Å². The first kappa shape index (κ1) is 23.8. The SMILES string of the molecule is CC1CN(c2nc(=O)n3c4c(c(Br)c(Cl)cc24)OCC3C=O)C(C)CN1C(=O)OC(C)(C)C. The number of rotatable bonds is 2. The summed E-state index contributed by atoms with van der Waals surface area (Å²) in [6.07, 6.45) is 0.304. The van der Waals surface area contributed by atoms with E-state index in [4.69, 9.17) is 21.1 Å². The summed E-state index contributed by atoms with van der Waals surface area (Å²) in [6, 6.07) is 0.600. The minimum Gasteiger partial charge on any atom is -0.487 e. The fraction of sp³-hybridized carbons (Fsp3) is 0.545. The molecule has 0 radical (unpaired) electrons. The molecule has 178 valence electrons. The number of amides is 1. The van der Waals surface area contributed by atoms with E-state index in [1.54, 1.807) is 11.0 Å². The largest absolute Gasteiger partial charge is 0.487 e. The van der Waals surface area contributed by atoms with Gasteiger partial charge in [0.1, 0.15) is 35.9 Å². The fourth-order valence-corrected chi connectivity index (χ4v) is 4.91. The van der Waals surface area contributed by atoms with Crippen LogP contribution in [0.4, 0.5) is 10.6 Å². The molecule has 2 aliphatic heterocycles. The minimum atomic E-state index is -0.775. The lowest BCUT2D eigenvalue weighted by atomic mass is 10.1. The van der Waals surface area contributed by atoms with Gasteiger partial charge < -0.3 is 24.1 Å². The third-order valence-electron chi connectivity index (χ3n) is 5.81. The zero-order chi connectivity index (χ0) is 24.2. The van der Waals surface area contributed by atoms with E-state index >= 15 is 0 Å². The number of carbonyl (C=O) groups is 2. The van der Waals surface area contributed by atoms with Crippen LogP contribution in [0.1, 0.15) is 40.7 Å². The van der Waals surface area contributed by atoms with Gasteiger partial charge in [0.25, 0.3) is 0 Å². The maximum absolute atomic E-state index is 13.1. The smallest absolute Gasteiger partial charge is 0.410 e. The average molecular weight is 542 g/mol. The van der Waals surface area contributed by atoms with Crippen LogP contribution in [0.2, 0.25) is 5.02 Å². The van der Waals surface area contributed by atoms with E-state index in [0.29, 0.717) is 51.3 Å². The van der Waals surface area contributed by atoms with Crippen LogP contribution in [0.3, 0.4) is 0 Å². The summed E-state index contributed by atoms with van der Waals surface area (Å²) in [5, 5.41) is 1.01. The van der Waals surface area contributed by atoms with E-state index in [-0.39, 0.29) is 24.8 Å². The maximum Gasteiger partial charge on any atom is 0.410 e. The molecule has 33 heavy (non-hydrogen) atoms. The first-order valence-electron chi connectivity index (χ1n) is 10.7. The second kappa shape index (κ2) is 8.47. The summed E-state index contributed by atoms with van der Waals surface area (Å²) < 4.78 is 13.2. The van der Waals surface area contributed by atoms with Crippen molar-refractivity contribution in [3.05, 3.63) is 26.0 Å². The molecule has 0 bridgehead atoms. The zero-order valence-electron chi connectivity index (χ0n) is 19.1. The number of aldehydes is 1. The predicted octanol–water partition coefficient (Wildman–Crippen LogP) is 3.78. The van der Waals surface area contributed by atoms with Crippen LogP contribution in [0.15, 0.2) is 15.3 Å². The molecular weight excluding hydrogens is 516 g/mol. The Morgan fingerprint density at radius 1 is 1.30 bits per heavy atom. The standard InChI is InChI=1S/C22H26BrClN4O5/c1-11-8-27(21(31)33-22(3,4)5)12(2)7-26(11)19-14-6-15(24)16(23)18-17(14)28(20(30)25-19)13(9-29)10-32-18/h6,9,11-13H,7-8,10H2,1-5H3. The molecule has 11 heteroatoms. The number of nitrogens with zero attached hydrogens (tertiary/aromatic N) is 4. The molecule has 9 nitrogen and oxygen atoms in total. The Labute approximate surface area is 204 Å². The quantitative estimate of drug-likeness (QED) is 0.534. The van der Waals surface area contributed by atoms with Crippen molar-refractivity contribution in [3.8, 4) is 5.75 Å². The summed E-state index contributed by atoms with van der Waals surface area (Å²) in [5.74, 6) is 0.852. The van der Waals surface area contributed by atoms with Gasteiger partial charge in [-0.15, -0.1) is 0 Å². The number of piperazine rings is 1. The number of aromatic nitrogens is 2. The molecule has 3 heterocycles. The lowest BCUT2D eigenvalue weighted by molar-refractivity contribution is -0.111. The zero-order valence-corrected chi connectivity index (χ0v) is 21.4. The summed E-state index contributed by atoms with van der Waals surface area (Å²) in [4.78, 5) is 45.5. The van der Waals surface area contributed by atoms with E-state index in [0.717, 1.165) is 0 Å². The Bertz CT molecular complexity index is 1190. The molecule has 0 saturated carbocycles. The van der Waals surface area contributed by atoms with Crippen LogP contribution in [0.5, 0.6) is 5.75 Å². The number of hydrogen-bond acceptors (Lipinski definition) is 7. The molecule has 1 aromatic carbocycles. The maximum atomic E-state index is 13.1. The van der Waals surface area contributed by atoms with Crippen molar-refractivity contribution in [2.75, 3.05) is 24.6 Å². The van der Waals surface area contributed by atoms with Gasteiger partial charge in [0, 0.05) is 30.6 Å². The highest BCUT2D eigenvalue weighted by Crippen LogP contribution is 2.44. The van der Waals surface area contributed by atoms with Crippen LogP contribution < -0.4 is 15.3 Å². The Kier molecular flexibility index (Phi) is 6.11. The molecule has 1 saturated heterocycles. The van der Waals surface area contributed by atoms with Crippen LogP contribution in [0, 0.1) is 0 Å². The first-order valence-corrected chi connectivity index (χ1v) is 11.9. The van der Waals surface area contributed by atoms with Crippen LogP contribution in [-0.4, -0.2) is 64.2 Å². The Morgan fingerprint density at radius 3 is 2.64 bits per heavy atom. The van der Waals surface area contributed by atoms with Gasteiger partial charge in [-0.25, -0.2) is 9.59 Å². The Hall–Kier alpha value is -2.33. The van der Waals surface area contributed by atoms with E-state index in [2.05, 4.69) is 20.9 Å². The molecule has 0 N–H and O–H groups in total. The Balaban J connectivity index is 1.80. The van der Waals surface area contributed by atoms with Gasteiger partial charge in [-0.05, 0) is 56.6 Å². The number of benzene rings is 1. The van der Waals surface area contributed by atoms with Crippen molar-refractivity contribution < 1.29 is 19.1 Å². The first-order chi connectivity index (χ1) is 15.4. The van der Waals surface area contributed by atoms with Crippen molar-refractivity contribution in [1.29, 1.82) is 0 Å². The van der Waals surface area contributed by atoms with Crippen molar-refractivity contribution in [3.63, 3.8) is 0 Å². The van der Waals surface area contributed by atoms with Gasteiger partial charge in [0.05, 0.1) is 9.50 Å². The van der Waals surface area contributed by atoms with Gasteiger partial charge in [-0.1, -0.05) is 11.6 Å². The molecule has 0 aliphatic carbocycles. The molecule has 1 aromatic heterocycles. The van der Waals surface area contributed by atoms with E-state index in [1.165, 1.54) is 4.57 Å². The van der Waals surface area contributed by atoms with Gasteiger partial charge >= 0.3 is 11.8 Å². The molecular formula is C22H26BrClN4O5. The van der Waals surface area contributed by atoms with Gasteiger partial charge in [-0.3, -0.25) is 4.57 Å². The minimum absolute atomic E-state index is 0.0213. The highest BCUT2D eigenvalue weighted by molar-refractivity contribution is 9.10. The second-order valence-corrected chi connectivity index (χ2v) is 10.7. The molecule has 3 atom stereocenters. The second-order valence-electron chi connectivity index (χ2n) is 9.48. The Morgan fingerprint density at radius 2 is 2.00 bits per heavy atom. The summed E-state index contributed by atoms with van der Waals surface area (Å²) >= 11 is 9.89. The van der Waals surface area contributed by atoms with Crippen molar-refractivity contribution in [2.24, 2.45) is 0 Å². The number of carbonyl (C=O) groups excluding carboxylic acids is 2. The number of ether oxygens (including phenoxy) is 2. The van der Waals surface area contributed by atoms with Gasteiger partial charge in [0.15, 0.2) is 5.75 Å².